The lowest BCUT2D eigenvalue weighted by atomic mass is 9.74. The summed E-state index contributed by atoms with van der Waals surface area (Å²) in [5.41, 5.74) is -2.21. The summed E-state index contributed by atoms with van der Waals surface area (Å²) in [5, 5.41) is 23.0. The monoisotopic (exact) mass is 629 g/mol. The third-order valence-electron chi connectivity index (χ3n) is 9.04. The molecule has 3 aromatic rings. The number of methoxy groups -OCH3 is 1. The third kappa shape index (κ3) is 5.23. The first-order valence-corrected chi connectivity index (χ1v) is 15.0. The first kappa shape index (κ1) is 31.4. The molecule has 3 aromatic carbocycles. The molecule has 4 atom stereocenters. The molecule has 7 nitrogen and oxygen atoms in total. The van der Waals surface area contributed by atoms with Crippen molar-refractivity contribution >= 4 is 35.1 Å². The van der Waals surface area contributed by atoms with Gasteiger partial charge in [0.2, 0.25) is 0 Å². The van der Waals surface area contributed by atoms with Gasteiger partial charge in [-0.2, -0.15) is 0 Å². The van der Waals surface area contributed by atoms with Crippen molar-refractivity contribution in [2.75, 3.05) is 20.3 Å². The maximum Gasteiger partial charge on any atom is 0.308 e. The van der Waals surface area contributed by atoms with Crippen molar-refractivity contribution in [2.45, 2.75) is 50.5 Å². The number of rotatable bonds is 9. The topological polar surface area (TPSA) is 96.3 Å². The summed E-state index contributed by atoms with van der Waals surface area (Å²) in [4.78, 5) is 28.5. The molecule has 228 valence electrons. The van der Waals surface area contributed by atoms with Gasteiger partial charge in [-0.1, -0.05) is 54.4 Å². The van der Waals surface area contributed by atoms with Gasteiger partial charge in [0.25, 0.3) is 5.91 Å². The van der Waals surface area contributed by atoms with E-state index in [-0.39, 0.29) is 22.6 Å². The van der Waals surface area contributed by atoms with Crippen molar-refractivity contribution in [3.05, 3.63) is 104 Å². The number of fused-ring (bicyclic) bond motifs is 1. The Morgan fingerprint density at radius 3 is 2.23 bits per heavy atom. The van der Waals surface area contributed by atoms with E-state index in [9.17, 15) is 19.8 Å². The fraction of sp³-hybridized carbons (Fsp3) is 0.394. The molecule has 43 heavy (non-hydrogen) atoms. The Balaban J connectivity index is 1.79. The second-order valence-electron chi connectivity index (χ2n) is 11.2. The zero-order valence-electron chi connectivity index (χ0n) is 24.1. The number of hydrogen-bond acceptors (Lipinski definition) is 5. The highest BCUT2D eigenvalue weighted by atomic mass is 35.5. The van der Waals surface area contributed by atoms with Gasteiger partial charge in [0, 0.05) is 35.9 Å². The molecule has 5 rings (SSSR count). The Morgan fingerprint density at radius 2 is 1.70 bits per heavy atom. The molecule has 0 aromatic heterocycles. The number of aliphatic hydroxyl groups is 1. The molecule has 0 unspecified atom stereocenters. The van der Waals surface area contributed by atoms with Gasteiger partial charge in [-0.25, -0.2) is 4.39 Å². The molecular formula is C33H34Cl2FNO6. The smallest absolute Gasteiger partial charge is 0.308 e. The molecule has 2 aliphatic rings. The molecule has 1 saturated heterocycles. The number of benzene rings is 3. The average molecular weight is 631 g/mol. The van der Waals surface area contributed by atoms with Gasteiger partial charge < -0.3 is 19.7 Å². The van der Waals surface area contributed by atoms with Crippen molar-refractivity contribution in [3.63, 3.8) is 0 Å². The van der Waals surface area contributed by atoms with E-state index < -0.39 is 41.0 Å². The molecule has 10 heteroatoms. The minimum absolute atomic E-state index is 0.0118. The normalized spacial score (nSPS) is 21.7. The molecule has 0 radical (unpaired) electrons. The Labute approximate surface area is 260 Å². The Kier molecular flexibility index (Phi) is 8.89. The molecular weight excluding hydrogens is 596 g/mol. The van der Waals surface area contributed by atoms with Gasteiger partial charge in [0.05, 0.1) is 28.7 Å². The standard InChI is InChI=1S/C33H34Cl2FNO6/c1-4-32(41,21-13-15-43-16-14-21)23-17-26-28(27(36)18-23)33(42-3,22-7-11-25(35)12-8-22)37(30(26)38)29(19(2)31(39)40)20-5-9-24(34)10-6-20/h5-12,17-19,21,29,41H,4,13-16H2,1-3H3,(H,39,40)/t19-,29-,32-,33+/m0/s1. The molecule has 0 spiro atoms. The number of carboxylic acid groups (broad SMARTS) is 1. The number of carbonyl (C=O) groups is 2. The molecule has 0 saturated carbocycles. The molecule has 2 aliphatic heterocycles. The number of amides is 1. The van der Waals surface area contributed by atoms with E-state index in [1.807, 2.05) is 6.92 Å². The highest BCUT2D eigenvalue weighted by molar-refractivity contribution is 6.30. The zero-order chi connectivity index (χ0) is 31.1. The number of nitrogens with zero attached hydrogens (tertiary/aromatic N) is 1. The van der Waals surface area contributed by atoms with Crippen molar-refractivity contribution in [1.82, 2.24) is 4.90 Å². The van der Waals surface area contributed by atoms with E-state index in [1.165, 1.54) is 31.1 Å². The molecule has 2 N–H and O–H groups in total. The lowest BCUT2D eigenvalue weighted by molar-refractivity contribution is -0.149. The molecule has 1 fully saturated rings. The summed E-state index contributed by atoms with van der Waals surface area (Å²) in [6, 6.07) is 14.7. The predicted molar refractivity (Wildman–Crippen MR) is 161 cm³/mol. The van der Waals surface area contributed by atoms with Crippen molar-refractivity contribution in [1.29, 1.82) is 0 Å². The van der Waals surface area contributed by atoms with Crippen LogP contribution in [0.1, 0.15) is 71.8 Å². The Bertz CT molecular complexity index is 1510. The summed E-state index contributed by atoms with van der Waals surface area (Å²) in [6.45, 7) is 4.27. The van der Waals surface area contributed by atoms with Crippen LogP contribution in [0.15, 0.2) is 60.7 Å². The van der Waals surface area contributed by atoms with Crippen LogP contribution in [-0.2, 0) is 25.6 Å². The molecule has 0 aliphatic carbocycles. The van der Waals surface area contributed by atoms with Crippen LogP contribution in [-0.4, -0.2) is 47.3 Å². The quantitative estimate of drug-likeness (QED) is 0.267. The maximum atomic E-state index is 16.7. The molecule has 2 heterocycles. The Hall–Kier alpha value is -3.01. The number of carboxylic acids is 1. The fourth-order valence-corrected chi connectivity index (χ4v) is 6.97. The number of ether oxygens (including phenoxy) is 2. The third-order valence-corrected chi connectivity index (χ3v) is 9.54. The lowest BCUT2D eigenvalue weighted by Crippen LogP contribution is -2.51. The van der Waals surface area contributed by atoms with Gasteiger partial charge in [0.15, 0.2) is 5.72 Å². The van der Waals surface area contributed by atoms with Crippen LogP contribution >= 0.6 is 23.2 Å². The number of halogens is 3. The van der Waals surface area contributed by atoms with Crippen LogP contribution in [0.4, 0.5) is 4.39 Å². The van der Waals surface area contributed by atoms with Gasteiger partial charge in [0.1, 0.15) is 5.82 Å². The summed E-state index contributed by atoms with van der Waals surface area (Å²) < 4.78 is 28.4. The van der Waals surface area contributed by atoms with E-state index in [2.05, 4.69) is 0 Å². The van der Waals surface area contributed by atoms with Crippen LogP contribution < -0.4 is 0 Å². The van der Waals surface area contributed by atoms with Crippen molar-refractivity contribution < 1.29 is 33.7 Å². The molecule has 0 bridgehead atoms. The first-order chi connectivity index (χ1) is 20.5. The highest BCUT2D eigenvalue weighted by Crippen LogP contribution is 2.53. The second kappa shape index (κ2) is 12.2. The Morgan fingerprint density at radius 1 is 1.12 bits per heavy atom. The van der Waals surface area contributed by atoms with Crippen molar-refractivity contribution in [2.24, 2.45) is 11.8 Å². The second-order valence-corrected chi connectivity index (χ2v) is 12.1. The van der Waals surface area contributed by atoms with Crippen LogP contribution in [0.2, 0.25) is 10.0 Å². The maximum absolute atomic E-state index is 16.7. The fourth-order valence-electron chi connectivity index (χ4n) is 6.72. The minimum atomic E-state index is -1.86. The first-order valence-electron chi connectivity index (χ1n) is 14.3. The van der Waals surface area contributed by atoms with Crippen LogP contribution in [0.3, 0.4) is 0 Å². The zero-order valence-corrected chi connectivity index (χ0v) is 25.7. The molecule has 1 amide bonds. The number of carbonyl (C=O) groups excluding carboxylic acids is 1. The summed E-state index contributed by atoms with van der Waals surface area (Å²) in [7, 11) is 1.35. The van der Waals surface area contributed by atoms with E-state index in [1.54, 1.807) is 48.5 Å². The minimum Gasteiger partial charge on any atom is -0.481 e. The van der Waals surface area contributed by atoms with Crippen LogP contribution in [0.5, 0.6) is 0 Å². The van der Waals surface area contributed by atoms with E-state index >= 15 is 4.39 Å². The van der Waals surface area contributed by atoms with Crippen LogP contribution in [0.25, 0.3) is 0 Å². The van der Waals surface area contributed by atoms with E-state index in [0.717, 1.165) is 0 Å². The van der Waals surface area contributed by atoms with Gasteiger partial charge in [-0.15, -0.1) is 0 Å². The highest BCUT2D eigenvalue weighted by Gasteiger charge is 2.58. The summed E-state index contributed by atoms with van der Waals surface area (Å²) >= 11 is 12.4. The number of hydrogen-bond donors (Lipinski definition) is 2. The van der Waals surface area contributed by atoms with E-state index in [0.29, 0.717) is 53.6 Å². The predicted octanol–water partition coefficient (Wildman–Crippen LogP) is 6.92. The van der Waals surface area contributed by atoms with Crippen molar-refractivity contribution in [3.8, 4) is 0 Å². The average Bonchev–Trinajstić information content (AvgIpc) is 3.27. The largest absolute Gasteiger partial charge is 0.481 e. The van der Waals surface area contributed by atoms with Gasteiger partial charge in [-0.3, -0.25) is 14.5 Å². The van der Waals surface area contributed by atoms with Gasteiger partial charge >= 0.3 is 5.97 Å². The van der Waals surface area contributed by atoms with Gasteiger partial charge in [-0.05, 0) is 79.6 Å². The SMILES string of the molecule is CC[C@@](O)(c1cc(F)c2c(c1)C(=O)N([C@H](c1ccc(Cl)cc1)[C@H](C)C(=O)O)[C@@]2(OC)c1ccc(Cl)cc1)C1CCOCC1. The summed E-state index contributed by atoms with van der Waals surface area (Å²) in [5.74, 6) is -3.89. The summed E-state index contributed by atoms with van der Waals surface area (Å²) in [6.07, 6.45) is 1.47. The lowest BCUT2D eigenvalue weighted by Gasteiger charge is -2.44. The van der Waals surface area contributed by atoms with E-state index in [4.69, 9.17) is 32.7 Å². The number of aliphatic carboxylic acids is 1. The van der Waals surface area contributed by atoms with Crippen LogP contribution in [0, 0.1) is 17.7 Å².